The van der Waals surface area contributed by atoms with E-state index < -0.39 is 0 Å². The van der Waals surface area contributed by atoms with Crippen molar-refractivity contribution in [2.45, 2.75) is 6.42 Å². The molecule has 1 aromatic carbocycles. The molecule has 0 N–H and O–H groups in total. The van der Waals surface area contributed by atoms with E-state index in [9.17, 15) is 0 Å². The summed E-state index contributed by atoms with van der Waals surface area (Å²) >= 11 is 0. The largest absolute Gasteiger partial charge is 0.463 e. The Morgan fingerprint density at radius 2 is 1.80 bits per heavy atom. The molecule has 0 saturated carbocycles. The fourth-order valence-electron chi connectivity index (χ4n) is 1.98. The molecule has 0 aliphatic carbocycles. The van der Waals surface area contributed by atoms with Crippen molar-refractivity contribution in [2.75, 3.05) is 13.2 Å². The first-order valence-corrected chi connectivity index (χ1v) is 6.28. The first kappa shape index (κ1) is 13.7. The molecular weight excluding hydrogens is 252 g/mol. The van der Waals surface area contributed by atoms with Crippen molar-refractivity contribution in [3.8, 4) is 12.1 Å². The Labute approximate surface area is 118 Å². The van der Waals surface area contributed by atoms with Gasteiger partial charge in [-0.15, -0.1) is 0 Å². The van der Waals surface area contributed by atoms with Gasteiger partial charge in [0, 0.05) is 5.92 Å². The van der Waals surface area contributed by atoms with Crippen LogP contribution in [0.3, 0.4) is 0 Å². The highest BCUT2D eigenvalue weighted by Gasteiger charge is 2.22. The van der Waals surface area contributed by atoms with Gasteiger partial charge in [-0.25, -0.2) is 0 Å². The van der Waals surface area contributed by atoms with Crippen LogP contribution in [0, 0.1) is 28.6 Å². The Balaban J connectivity index is 1.95. The maximum atomic E-state index is 8.73. The highest BCUT2D eigenvalue weighted by Crippen LogP contribution is 2.20. The van der Waals surface area contributed by atoms with Crippen LogP contribution in [0.1, 0.15) is 11.1 Å². The Bertz CT molecular complexity index is 577. The lowest BCUT2D eigenvalue weighted by Crippen LogP contribution is -2.25. The number of rotatable bonds is 3. The van der Waals surface area contributed by atoms with Crippen LogP contribution in [-0.4, -0.2) is 13.2 Å². The molecule has 4 heteroatoms. The zero-order valence-corrected chi connectivity index (χ0v) is 11.0. The van der Waals surface area contributed by atoms with E-state index in [2.05, 4.69) is 18.7 Å². The lowest BCUT2D eigenvalue weighted by Gasteiger charge is -2.25. The van der Waals surface area contributed by atoms with Gasteiger partial charge < -0.3 is 9.47 Å². The fourth-order valence-corrected chi connectivity index (χ4v) is 1.98. The minimum Gasteiger partial charge on any atom is -0.463 e. The summed E-state index contributed by atoms with van der Waals surface area (Å²) in [5.41, 5.74) is 2.17. The van der Waals surface area contributed by atoms with Gasteiger partial charge in [0.05, 0.1) is 13.2 Å². The standard InChI is InChI=1S/C16H14N2O2/c1-2-12-3-5-13(6-4-12)7-14-10-19-16(20-11-14)15(8-17)9-18/h2-6,14H,1,7,10-11H2. The molecule has 0 radical (unpaired) electrons. The van der Waals surface area contributed by atoms with Crippen molar-refractivity contribution in [1.29, 1.82) is 10.5 Å². The topological polar surface area (TPSA) is 66.0 Å². The maximum absolute atomic E-state index is 8.73. The van der Waals surface area contributed by atoms with Crippen LogP contribution in [0.25, 0.3) is 6.08 Å². The molecule has 4 nitrogen and oxygen atoms in total. The maximum Gasteiger partial charge on any atom is 0.309 e. The van der Waals surface area contributed by atoms with Crippen molar-refractivity contribution in [1.82, 2.24) is 0 Å². The smallest absolute Gasteiger partial charge is 0.309 e. The van der Waals surface area contributed by atoms with Crippen LogP contribution >= 0.6 is 0 Å². The summed E-state index contributed by atoms with van der Waals surface area (Å²) < 4.78 is 10.7. The van der Waals surface area contributed by atoms with E-state index in [1.54, 1.807) is 18.2 Å². The van der Waals surface area contributed by atoms with Gasteiger partial charge in [-0.2, -0.15) is 10.5 Å². The molecule has 0 spiro atoms. The van der Waals surface area contributed by atoms with Gasteiger partial charge in [-0.3, -0.25) is 0 Å². The summed E-state index contributed by atoms with van der Waals surface area (Å²) in [7, 11) is 0. The van der Waals surface area contributed by atoms with Crippen molar-refractivity contribution in [2.24, 2.45) is 5.92 Å². The Hall–Kier alpha value is -2.72. The minimum atomic E-state index is -0.112. The minimum absolute atomic E-state index is 0.0493. The number of ether oxygens (including phenoxy) is 2. The molecule has 1 aliphatic rings. The number of hydrogen-bond acceptors (Lipinski definition) is 4. The molecular formula is C16H14N2O2. The monoisotopic (exact) mass is 266 g/mol. The average molecular weight is 266 g/mol. The van der Waals surface area contributed by atoms with E-state index >= 15 is 0 Å². The van der Waals surface area contributed by atoms with Crippen LogP contribution in [0.5, 0.6) is 0 Å². The quantitative estimate of drug-likeness (QED) is 0.789. The van der Waals surface area contributed by atoms with E-state index in [-0.39, 0.29) is 17.4 Å². The predicted molar refractivity (Wildman–Crippen MR) is 73.9 cm³/mol. The predicted octanol–water partition coefficient (Wildman–Crippen LogP) is 2.79. The zero-order valence-electron chi connectivity index (χ0n) is 11.0. The first-order chi connectivity index (χ1) is 9.76. The molecule has 20 heavy (non-hydrogen) atoms. The van der Waals surface area contributed by atoms with Gasteiger partial charge >= 0.3 is 5.95 Å². The molecule has 1 saturated heterocycles. The summed E-state index contributed by atoms with van der Waals surface area (Å²) in [4.78, 5) is 0. The summed E-state index contributed by atoms with van der Waals surface area (Å²) in [6.45, 7) is 4.62. The van der Waals surface area contributed by atoms with E-state index in [0.717, 1.165) is 12.0 Å². The summed E-state index contributed by atoms with van der Waals surface area (Å²) in [5, 5.41) is 17.5. The molecule has 0 aromatic heterocycles. The second kappa shape index (κ2) is 6.45. The van der Waals surface area contributed by atoms with Crippen molar-refractivity contribution >= 4 is 6.08 Å². The zero-order chi connectivity index (χ0) is 14.4. The third kappa shape index (κ3) is 3.18. The first-order valence-electron chi connectivity index (χ1n) is 6.28. The van der Waals surface area contributed by atoms with E-state index in [1.807, 2.05) is 12.1 Å². The highest BCUT2D eigenvalue weighted by molar-refractivity contribution is 5.47. The third-order valence-corrected chi connectivity index (χ3v) is 3.07. The second-order valence-electron chi connectivity index (χ2n) is 4.52. The molecule has 0 amide bonds. The number of nitrogens with zero attached hydrogens (tertiary/aromatic N) is 2. The number of nitriles is 2. The SMILES string of the molecule is C=Cc1ccc(CC2COC(=C(C#N)C#N)OC2)cc1. The van der Waals surface area contributed by atoms with Crippen molar-refractivity contribution in [3.05, 3.63) is 53.5 Å². The Kier molecular flexibility index (Phi) is 4.42. The van der Waals surface area contributed by atoms with Crippen LogP contribution in [0.4, 0.5) is 0 Å². The highest BCUT2D eigenvalue weighted by atomic mass is 16.7. The summed E-state index contributed by atoms with van der Waals surface area (Å²) in [6, 6.07) is 11.7. The molecule has 0 atom stereocenters. The van der Waals surface area contributed by atoms with E-state index in [4.69, 9.17) is 20.0 Å². The molecule has 100 valence electrons. The molecule has 1 fully saturated rings. The fraction of sp³-hybridized carbons (Fsp3) is 0.250. The average Bonchev–Trinajstić information content (AvgIpc) is 2.51. The van der Waals surface area contributed by atoms with Crippen LogP contribution in [0.2, 0.25) is 0 Å². The number of allylic oxidation sites excluding steroid dienone is 1. The van der Waals surface area contributed by atoms with Crippen LogP contribution < -0.4 is 0 Å². The molecule has 2 rings (SSSR count). The van der Waals surface area contributed by atoms with E-state index in [1.165, 1.54) is 5.56 Å². The van der Waals surface area contributed by atoms with Crippen LogP contribution in [0.15, 0.2) is 42.4 Å². The van der Waals surface area contributed by atoms with Gasteiger partial charge in [0.2, 0.25) is 5.57 Å². The van der Waals surface area contributed by atoms with Gasteiger partial charge in [0.1, 0.15) is 12.1 Å². The molecule has 1 heterocycles. The van der Waals surface area contributed by atoms with Crippen molar-refractivity contribution < 1.29 is 9.47 Å². The second-order valence-corrected chi connectivity index (χ2v) is 4.52. The van der Waals surface area contributed by atoms with E-state index in [0.29, 0.717) is 13.2 Å². The van der Waals surface area contributed by atoms with Gasteiger partial charge in [0.25, 0.3) is 0 Å². The molecule has 1 aliphatic heterocycles. The molecule has 0 bridgehead atoms. The Morgan fingerprint density at radius 3 is 2.30 bits per heavy atom. The summed E-state index contributed by atoms with van der Waals surface area (Å²) in [5.74, 6) is 0.264. The van der Waals surface area contributed by atoms with Gasteiger partial charge in [-0.1, -0.05) is 36.9 Å². The normalized spacial score (nSPS) is 17.1. The number of benzene rings is 1. The van der Waals surface area contributed by atoms with Crippen LogP contribution in [-0.2, 0) is 15.9 Å². The number of hydrogen-bond donors (Lipinski definition) is 0. The molecule has 0 unspecified atom stereocenters. The van der Waals surface area contributed by atoms with Gasteiger partial charge in [0.15, 0.2) is 0 Å². The van der Waals surface area contributed by atoms with Crippen molar-refractivity contribution in [3.63, 3.8) is 0 Å². The molecule has 1 aromatic rings. The Morgan fingerprint density at radius 1 is 1.20 bits per heavy atom. The lowest BCUT2D eigenvalue weighted by molar-refractivity contribution is -0.0510. The lowest BCUT2D eigenvalue weighted by atomic mass is 9.99. The van der Waals surface area contributed by atoms with Gasteiger partial charge in [-0.05, 0) is 17.5 Å². The summed E-state index contributed by atoms with van der Waals surface area (Å²) in [6.07, 6.45) is 2.64. The third-order valence-electron chi connectivity index (χ3n) is 3.07.